The molecule has 0 saturated heterocycles. The summed E-state index contributed by atoms with van der Waals surface area (Å²) in [7, 11) is 0. The number of hydrogen-bond donors (Lipinski definition) is 1. The molecular weight excluding hydrogens is 174 g/mol. The zero-order chi connectivity index (χ0) is 9.97. The van der Waals surface area contributed by atoms with Gasteiger partial charge in [0.1, 0.15) is 5.65 Å². The maximum Gasteiger partial charge on any atom is 0.139 e. The molecule has 2 rings (SSSR count). The second-order valence-electron chi connectivity index (χ2n) is 3.24. The van der Waals surface area contributed by atoms with Gasteiger partial charge in [-0.25, -0.2) is 4.98 Å². The predicted molar refractivity (Wildman–Crippen MR) is 59.7 cm³/mol. The van der Waals surface area contributed by atoms with Crippen LogP contribution in [-0.2, 0) is 0 Å². The molecule has 3 nitrogen and oxygen atoms in total. The molecule has 1 N–H and O–H groups in total. The lowest BCUT2D eigenvalue weighted by atomic mass is 10.2. The van der Waals surface area contributed by atoms with Crippen LogP contribution in [0.4, 0.5) is 5.69 Å². The highest BCUT2D eigenvalue weighted by atomic mass is 15.1. The van der Waals surface area contributed by atoms with E-state index >= 15 is 0 Å². The van der Waals surface area contributed by atoms with Crippen molar-refractivity contribution in [3.63, 3.8) is 0 Å². The van der Waals surface area contributed by atoms with Crippen LogP contribution in [-0.4, -0.2) is 23.1 Å². The van der Waals surface area contributed by atoms with Gasteiger partial charge in [0.25, 0.3) is 0 Å². The highest BCUT2D eigenvalue weighted by Gasteiger charge is 2.07. The zero-order valence-corrected chi connectivity index (χ0v) is 8.62. The standard InChI is InChI=1S/C11H15N3/c1-3-14(4-2)10-6-8-13-11-9(10)5-7-12-11/h5-8H,3-4H2,1-2H3,(H,12,13). The third kappa shape index (κ3) is 1.35. The molecule has 0 spiro atoms. The number of aromatic nitrogens is 2. The van der Waals surface area contributed by atoms with Crippen LogP contribution in [0.1, 0.15) is 13.8 Å². The van der Waals surface area contributed by atoms with E-state index in [1.807, 2.05) is 12.4 Å². The Morgan fingerprint density at radius 2 is 2.07 bits per heavy atom. The van der Waals surface area contributed by atoms with Crippen LogP contribution in [0.5, 0.6) is 0 Å². The van der Waals surface area contributed by atoms with Gasteiger partial charge in [-0.15, -0.1) is 0 Å². The average molecular weight is 189 g/mol. The molecule has 0 amide bonds. The van der Waals surface area contributed by atoms with Gasteiger partial charge in [0, 0.05) is 36.6 Å². The molecule has 0 radical (unpaired) electrons. The molecule has 14 heavy (non-hydrogen) atoms. The fraction of sp³-hybridized carbons (Fsp3) is 0.364. The fourth-order valence-electron chi connectivity index (χ4n) is 1.79. The highest BCUT2D eigenvalue weighted by Crippen LogP contribution is 2.23. The van der Waals surface area contributed by atoms with Gasteiger partial charge in [-0.3, -0.25) is 0 Å². The van der Waals surface area contributed by atoms with Crippen LogP contribution in [0.25, 0.3) is 11.0 Å². The molecule has 0 fully saturated rings. The van der Waals surface area contributed by atoms with Crippen molar-refractivity contribution in [3.8, 4) is 0 Å². The highest BCUT2D eigenvalue weighted by molar-refractivity contribution is 5.89. The number of fused-ring (bicyclic) bond motifs is 1. The Morgan fingerprint density at radius 1 is 1.29 bits per heavy atom. The van der Waals surface area contributed by atoms with Crippen molar-refractivity contribution < 1.29 is 0 Å². The smallest absolute Gasteiger partial charge is 0.139 e. The summed E-state index contributed by atoms with van der Waals surface area (Å²) in [5.74, 6) is 0. The molecule has 0 aliphatic carbocycles. The first-order valence-electron chi connectivity index (χ1n) is 5.03. The summed E-state index contributed by atoms with van der Waals surface area (Å²) in [5.41, 5.74) is 2.23. The lowest BCUT2D eigenvalue weighted by Gasteiger charge is -2.21. The largest absolute Gasteiger partial charge is 0.371 e. The monoisotopic (exact) mass is 189 g/mol. The van der Waals surface area contributed by atoms with E-state index in [4.69, 9.17) is 0 Å². The number of anilines is 1. The first kappa shape index (κ1) is 9.06. The first-order valence-corrected chi connectivity index (χ1v) is 5.03. The topological polar surface area (TPSA) is 31.9 Å². The maximum absolute atomic E-state index is 4.27. The first-order chi connectivity index (χ1) is 6.86. The zero-order valence-electron chi connectivity index (χ0n) is 8.62. The van der Waals surface area contributed by atoms with Gasteiger partial charge in [0.15, 0.2) is 0 Å². The molecule has 2 aromatic heterocycles. The average Bonchev–Trinajstić information content (AvgIpc) is 2.68. The van der Waals surface area contributed by atoms with Gasteiger partial charge in [-0.1, -0.05) is 0 Å². The summed E-state index contributed by atoms with van der Waals surface area (Å²) in [6, 6.07) is 4.15. The number of nitrogens with zero attached hydrogens (tertiary/aromatic N) is 2. The maximum atomic E-state index is 4.27. The quantitative estimate of drug-likeness (QED) is 0.804. The molecular formula is C11H15N3. The molecule has 0 atom stereocenters. The normalized spacial score (nSPS) is 10.7. The molecule has 0 aliphatic heterocycles. The Hall–Kier alpha value is -1.51. The molecule has 74 valence electrons. The van der Waals surface area contributed by atoms with E-state index in [0.717, 1.165) is 18.7 Å². The molecule has 3 heteroatoms. The minimum absolute atomic E-state index is 0.967. The SMILES string of the molecule is CCN(CC)c1ccnc2[nH]ccc12. The second-order valence-corrected chi connectivity index (χ2v) is 3.24. The lowest BCUT2D eigenvalue weighted by molar-refractivity contribution is 0.870. The van der Waals surface area contributed by atoms with Gasteiger partial charge in [0.05, 0.1) is 0 Å². The Morgan fingerprint density at radius 3 is 2.79 bits per heavy atom. The number of hydrogen-bond acceptors (Lipinski definition) is 2. The number of nitrogens with one attached hydrogen (secondary N) is 1. The van der Waals surface area contributed by atoms with E-state index in [0.29, 0.717) is 0 Å². The minimum Gasteiger partial charge on any atom is -0.371 e. The second kappa shape index (κ2) is 3.70. The van der Waals surface area contributed by atoms with Gasteiger partial charge in [-0.05, 0) is 26.0 Å². The molecule has 0 aromatic carbocycles. The summed E-state index contributed by atoms with van der Waals surface area (Å²) in [4.78, 5) is 9.73. The van der Waals surface area contributed by atoms with Gasteiger partial charge < -0.3 is 9.88 Å². The Kier molecular flexibility index (Phi) is 2.39. The summed E-state index contributed by atoms with van der Waals surface area (Å²) in [6.45, 7) is 6.40. The Labute approximate surface area is 83.8 Å². The van der Waals surface area contributed by atoms with Crippen LogP contribution in [0.2, 0.25) is 0 Å². The summed E-state index contributed by atoms with van der Waals surface area (Å²) < 4.78 is 0. The van der Waals surface area contributed by atoms with Gasteiger partial charge >= 0.3 is 0 Å². The van der Waals surface area contributed by atoms with Crippen LogP contribution >= 0.6 is 0 Å². The van der Waals surface area contributed by atoms with E-state index in [-0.39, 0.29) is 0 Å². The predicted octanol–water partition coefficient (Wildman–Crippen LogP) is 2.41. The third-order valence-corrected chi connectivity index (χ3v) is 2.54. The summed E-state index contributed by atoms with van der Waals surface area (Å²) >= 11 is 0. The molecule has 2 heterocycles. The van der Waals surface area contributed by atoms with Crippen molar-refractivity contribution >= 4 is 16.7 Å². The van der Waals surface area contributed by atoms with E-state index in [2.05, 4.69) is 40.8 Å². The molecule has 0 bridgehead atoms. The number of aromatic amines is 1. The van der Waals surface area contributed by atoms with Crippen molar-refractivity contribution in [1.82, 2.24) is 9.97 Å². The summed E-state index contributed by atoms with van der Waals surface area (Å²) in [6.07, 6.45) is 3.79. The van der Waals surface area contributed by atoms with Crippen LogP contribution < -0.4 is 4.90 Å². The minimum atomic E-state index is 0.967. The van der Waals surface area contributed by atoms with Crippen molar-refractivity contribution in [2.24, 2.45) is 0 Å². The number of H-pyrrole nitrogens is 1. The van der Waals surface area contributed by atoms with Crippen LogP contribution in [0, 0.1) is 0 Å². The van der Waals surface area contributed by atoms with Gasteiger partial charge in [0.2, 0.25) is 0 Å². The van der Waals surface area contributed by atoms with Crippen LogP contribution in [0.15, 0.2) is 24.5 Å². The van der Waals surface area contributed by atoms with Crippen molar-refractivity contribution in [2.75, 3.05) is 18.0 Å². The van der Waals surface area contributed by atoms with E-state index in [1.165, 1.54) is 11.1 Å². The van der Waals surface area contributed by atoms with E-state index in [1.54, 1.807) is 0 Å². The Bertz CT molecular complexity index is 415. The molecule has 0 unspecified atom stereocenters. The van der Waals surface area contributed by atoms with E-state index < -0.39 is 0 Å². The van der Waals surface area contributed by atoms with E-state index in [9.17, 15) is 0 Å². The molecule has 0 saturated carbocycles. The number of rotatable bonds is 3. The van der Waals surface area contributed by atoms with Crippen molar-refractivity contribution in [1.29, 1.82) is 0 Å². The Balaban J connectivity index is 2.54. The fourth-order valence-corrected chi connectivity index (χ4v) is 1.79. The molecule has 2 aromatic rings. The van der Waals surface area contributed by atoms with Crippen molar-refractivity contribution in [2.45, 2.75) is 13.8 Å². The van der Waals surface area contributed by atoms with Crippen molar-refractivity contribution in [3.05, 3.63) is 24.5 Å². The lowest BCUT2D eigenvalue weighted by Crippen LogP contribution is -2.21. The number of pyridine rings is 1. The van der Waals surface area contributed by atoms with Crippen LogP contribution in [0.3, 0.4) is 0 Å². The third-order valence-electron chi connectivity index (χ3n) is 2.54. The van der Waals surface area contributed by atoms with Gasteiger partial charge in [-0.2, -0.15) is 0 Å². The summed E-state index contributed by atoms with van der Waals surface area (Å²) in [5, 5.41) is 1.20. The molecule has 0 aliphatic rings.